The molecule has 0 bridgehead atoms. The van der Waals surface area contributed by atoms with E-state index in [1.54, 1.807) is 17.4 Å². The van der Waals surface area contributed by atoms with E-state index in [1.165, 1.54) is 54.3 Å². The number of rotatable bonds is 12. The van der Waals surface area contributed by atoms with Gasteiger partial charge >= 0.3 is 5.97 Å². The van der Waals surface area contributed by atoms with Crippen molar-refractivity contribution in [2.24, 2.45) is 0 Å². The molecule has 0 saturated heterocycles. The Morgan fingerprint density at radius 1 is 0.912 bits per heavy atom. The van der Waals surface area contributed by atoms with Gasteiger partial charge in [-0.2, -0.15) is 5.26 Å². The summed E-state index contributed by atoms with van der Waals surface area (Å²) in [5.74, 6) is -1.20. The Kier molecular flexibility index (Phi) is 9.69. The first-order valence-corrected chi connectivity index (χ1v) is 13.3. The Morgan fingerprint density at radius 2 is 1.50 bits per heavy atom. The van der Waals surface area contributed by atoms with Crippen molar-refractivity contribution < 1.29 is 9.90 Å². The van der Waals surface area contributed by atoms with Gasteiger partial charge in [0.1, 0.15) is 11.6 Å². The van der Waals surface area contributed by atoms with Gasteiger partial charge in [0.25, 0.3) is 0 Å². The predicted molar refractivity (Wildman–Crippen MR) is 146 cm³/mol. The van der Waals surface area contributed by atoms with E-state index < -0.39 is 5.97 Å². The van der Waals surface area contributed by atoms with Gasteiger partial charge in [-0.3, -0.25) is 0 Å². The number of carbonyl (C=O) groups is 1. The summed E-state index contributed by atoms with van der Waals surface area (Å²) in [5, 5.41) is 18.0. The molecule has 4 nitrogen and oxygen atoms in total. The average Bonchev–Trinajstić information content (AvgIpc) is 3.51. The van der Waals surface area contributed by atoms with Crippen LogP contribution in [0.1, 0.15) is 54.8 Å². The summed E-state index contributed by atoms with van der Waals surface area (Å²) in [4.78, 5) is 17.6. The maximum Gasteiger partial charge on any atom is 0.346 e. The fourth-order valence-corrected chi connectivity index (χ4v) is 5.42. The van der Waals surface area contributed by atoms with Crippen molar-refractivity contribution >= 4 is 52.6 Å². The third kappa shape index (κ3) is 7.18. The van der Waals surface area contributed by atoms with E-state index in [2.05, 4.69) is 67.3 Å². The monoisotopic (exact) mass is 490 g/mol. The standard InChI is InChI=1S/C28H30N2O2S2/c1-3-5-17-30(18-6-4-2)23-10-7-21(8-11-23)9-12-24-13-15-26(33-24)27-16-14-25(34-27)19-22(20-29)28(31)32/h7-16,19H,3-6,17-18H2,1-2H3,(H,31,32)/b12-9+,22-19-. The van der Waals surface area contributed by atoms with Gasteiger partial charge in [0, 0.05) is 38.3 Å². The summed E-state index contributed by atoms with van der Waals surface area (Å²) in [5.41, 5.74) is 2.21. The molecule has 3 aromatic rings. The van der Waals surface area contributed by atoms with E-state index in [0.717, 1.165) is 32.6 Å². The van der Waals surface area contributed by atoms with Gasteiger partial charge in [-0.25, -0.2) is 4.79 Å². The van der Waals surface area contributed by atoms with Crippen LogP contribution in [0.15, 0.2) is 54.1 Å². The van der Waals surface area contributed by atoms with Gasteiger partial charge in [-0.15, -0.1) is 22.7 Å². The van der Waals surface area contributed by atoms with Crippen LogP contribution >= 0.6 is 22.7 Å². The van der Waals surface area contributed by atoms with Gasteiger partial charge in [-0.1, -0.05) is 44.9 Å². The molecule has 0 unspecified atom stereocenters. The fourth-order valence-electron chi connectivity index (χ4n) is 3.46. The third-order valence-electron chi connectivity index (χ3n) is 5.40. The van der Waals surface area contributed by atoms with E-state index in [-0.39, 0.29) is 5.57 Å². The van der Waals surface area contributed by atoms with Crippen molar-refractivity contribution in [3.63, 3.8) is 0 Å². The molecule has 0 aliphatic carbocycles. The number of nitriles is 1. The first-order chi connectivity index (χ1) is 16.5. The van der Waals surface area contributed by atoms with E-state index in [1.807, 2.05) is 12.1 Å². The third-order valence-corrected chi connectivity index (χ3v) is 7.67. The number of benzene rings is 1. The molecule has 0 amide bonds. The number of anilines is 1. The molecule has 6 heteroatoms. The molecule has 1 aromatic carbocycles. The van der Waals surface area contributed by atoms with Crippen LogP contribution in [0, 0.1) is 11.3 Å². The number of carboxylic acid groups (broad SMARTS) is 1. The molecule has 2 aromatic heterocycles. The molecule has 2 heterocycles. The molecular weight excluding hydrogens is 460 g/mol. The second-order valence-corrected chi connectivity index (χ2v) is 10.2. The van der Waals surface area contributed by atoms with Gasteiger partial charge in [0.05, 0.1) is 0 Å². The number of unbranched alkanes of at least 4 members (excludes halogenated alkanes) is 2. The lowest BCUT2D eigenvalue weighted by atomic mass is 10.1. The Hall–Kier alpha value is -3.14. The summed E-state index contributed by atoms with van der Waals surface area (Å²) in [7, 11) is 0. The van der Waals surface area contributed by atoms with Crippen molar-refractivity contribution in [2.75, 3.05) is 18.0 Å². The smallest absolute Gasteiger partial charge is 0.346 e. The zero-order valence-electron chi connectivity index (χ0n) is 19.7. The van der Waals surface area contributed by atoms with Crippen molar-refractivity contribution in [1.29, 1.82) is 5.26 Å². The lowest BCUT2D eigenvalue weighted by Crippen LogP contribution is -2.25. The first kappa shape index (κ1) is 25.5. The minimum absolute atomic E-state index is 0.256. The summed E-state index contributed by atoms with van der Waals surface area (Å²) < 4.78 is 0. The average molecular weight is 491 g/mol. The number of hydrogen-bond donors (Lipinski definition) is 1. The topological polar surface area (TPSA) is 64.3 Å². The zero-order valence-corrected chi connectivity index (χ0v) is 21.3. The van der Waals surface area contributed by atoms with Crippen LogP contribution in [0.2, 0.25) is 0 Å². The zero-order chi connectivity index (χ0) is 24.3. The van der Waals surface area contributed by atoms with Gasteiger partial charge in [-0.05, 0) is 67.0 Å². The summed E-state index contributed by atoms with van der Waals surface area (Å²) in [6.07, 6.45) is 10.5. The highest BCUT2D eigenvalue weighted by atomic mass is 32.1. The maximum absolute atomic E-state index is 11.0. The number of thiophene rings is 2. The highest BCUT2D eigenvalue weighted by molar-refractivity contribution is 7.23. The minimum atomic E-state index is -1.20. The molecule has 176 valence electrons. The van der Waals surface area contributed by atoms with Crippen molar-refractivity contribution in [3.05, 3.63) is 69.4 Å². The van der Waals surface area contributed by atoms with Crippen LogP contribution < -0.4 is 4.90 Å². The lowest BCUT2D eigenvalue weighted by molar-refractivity contribution is -0.132. The highest BCUT2D eigenvalue weighted by Crippen LogP contribution is 2.35. The Morgan fingerprint density at radius 3 is 2.06 bits per heavy atom. The Bertz CT molecular complexity index is 1170. The van der Waals surface area contributed by atoms with Crippen LogP contribution in [-0.2, 0) is 4.79 Å². The summed E-state index contributed by atoms with van der Waals surface area (Å²) in [6, 6.07) is 18.5. The molecule has 34 heavy (non-hydrogen) atoms. The summed E-state index contributed by atoms with van der Waals surface area (Å²) >= 11 is 3.17. The van der Waals surface area contributed by atoms with E-state index >= 15 is 0 Å². The predicted octanol–water partition coefficient (Wildman–Crippen LogP) is 8.05. The lowest BCUT2D eigenvalue weighted by Gasteiger charge is -2.24. The van der Waals surface area contributed by atoms with E-state index in [9.17, 15) is 4.79 Å². The molecule has 0 radical (unpaired) electrons. The normalized spacial score (nSPS) is 11.6. The van der Waals surface area contributed by atoms with E-state index in [0.29, 0.717) is 0 Å². The van der Waals surface area contributed by atoms with E-state index in [4.69, 9.17) is 10.4 Å². The molecule has 0 spiro atoms. The first-order valence-electron chi connectivity index (χ1n) is 11.6. The maximum atomic E-state index is 11.0. The second kappa shape index (κ2) is 12.9. The van der Waals surface area contributed by atoms with Gasteiger partial charge in [0.2, 0.25) is 0 Å². The molecule has 3 rings (SSSR count). The van der Waals surface area contributed by atoms with Gasteiger partial charge in [0.15, 0.2) is 0 Å². The molecule has 0 saturated carbocycles. The van der Waals surface area contributed by atoms with Crippen LogP contribution in [0.25, 0.3) is 28.0 Å². The van der Waals surface area contributed by atoms with Crippen LogP contribution in [0.3, 0.4) is 0 Å². The fraction of sp³-hybridized carbons (Fsp3) is 0.286. The SMILES string of the molecule is CCCCN(CCCC)c1ccc(/C=C/c2ccc(-c3ccc(/C=C(/C#N)C(=O)O)s3)s2)cc1. The van der Waals surface area contributed by atoms with Gasteiger partial charge < -0.3 is 10.0 Å². The van der Waals surface area contributed by atoms with Crippen molar-refractivity contribution in [3.8, 4) is 15.8 Å². The largest absolute Gasteiger partial charge is 0.477 e. The second-order valence-electron chi connectivity index (χ2n) is 8.00. The Labute approximate surface area is 210 Å². The molecular formula is C28H30N2O2S2. The number of hydrogen-bond acceptors (Lipinski definition) is 5. The van der Waals surface area contributed by atoms with Crippen LogP contribution in [0.4, 0.5) is 5.69 Å². The number of nitrogens with zero attached hydrogens (tertiary/aromatic N) is 2. The molecule has 0 atom stereocenters. The quantitative estimate of drug-likeness (QED) is 0.206. The highest BCUT2D eigenvalue weighted by Gasteiger charge is 2.09. The molecule has 1 N–H and O–H groups in total. The van der Waals surface area contributed by atoms with Crippen molar-refractivity contribution in [2.45, 2.75) is 39.5 Å². The number of aliphatic carboxylic acids is 1. The minimum Gasteiger partial charge on any atom is -0.477 e. The van der Waals surface area contributed by atoms with Crippen molar-refractivity contribution in [1.82, 2.24) is 0 Å². The van der Waals surface area contributed by atoms with Crippen LogP contribution in [0.5, 0.6) is 0 Å². The Balaban J connectivity index is 1.67. The summed E-state index contributed by atoms with van der Waals surface area (Å²) in [6.45, 7) is 6.69. The molecule has 0 fully saturated rings. The van der Waals surface area contributed by atoms with Crippen LogP contribution in [-0.4, -0.2) is 24.2 Å². The molecule has 0 aliphatic heterocycles. The molecule has 0 aliphatic rings. The number of carboxylic acids is 1.